The van der Waals surface area contributed by atoms with Crippen molar-refractivity contribution in [2.75, 3.05) is 13.1 Å². The first-order valence-corrected chi connectivity index (χ1v) is 5.22. The molecule has 2 rings (SSSR count). The number of nitrogens with one attached hydrogen (secondary N) is 2. The van der Waals surface area contributed by atoms with Gasteiger partial charge in [-0.1, -0.05) is 0 Å². The zero-order valence-corrected chi connectivity index (χ0v) is 9.43. The third-order valence-electron chi connectivity index (χ3n) is 2.50. The second-order valence-electron chi connectivity index (χ2n) is 3.85. The van der Waals surface area contributed by atoms with Crippen molar-refractivity contribution in [1.82, 2.24) is 15.6 Å². The molecule has 1 saturated heterocycles. The number of nitrogen functional groups attached to an aromatic ring is 1. The van der Waals surface area contributed by atoms with Crippen LogP contribution in [-0.2, 0) is 16.1 Å². The molecule has 1 aliphatic rings. The summed E-state index contributed by atoms with van der Waals surface area (Å²) in [5.74, 6) is 4.17. The standard InChI is InChI=1S/C10H12N4O4/c11-13-10(17)6-1-2-18-7(6)3-14-4-8(15)12-9(16)5-14/h1-2H,3-5,11H2,(H,13,17)(H,12,15,16). The van der Waals surface area contributed by atoms with E-state index in [1.54, 1.807) is 4.90 Å². The van der Waals surface area contributed by atoms with Crippen molar-refractivity contribution < 1.29 is 18.8 Å². The molecule has 0 unspecified atom stereocenters. The molecule has 0 spiro atoms. The maximum atomic E-state index is 11.4. The lowest BCUT2D eigenvalue weighted by Crippen LogP contribution is -2.51. The number of amides is 3. The molecule has 0 bridgehead atoms. The number of nitrogens with two attached hydrogens (primary N) is 1. The summed E-state index contributed by atoms with van der Waals surface area (Å²) >= 11 is 0. The van der Waals surface area contributed by atoms with Gasteiger partial charge in [-0.25, -0.2) is 5.84 Å². The van der Waals surface area contributed by atoms with Gasteiger partial charge >= 0.3 is 0 Å². The fourth-order valence-corrected chi connectivity index (χ4v) is 1.75. The second-order valence-corrected chi connectivity index (χ2v) is 3.85. The van der Waals surface area contributed by atoms with Gasteiger partial charge in [-0.2, -0.15) is 0 Å². The highest BCUT2D eigenvalue weighted by Crippen LogP contribution is 2.13. The van der Waals surface area contributed by atoms with Crippen molar-refractivity contribution >= 4 is 17.7 Å². The minimum atomic E-state index is -0.480. The molecule has 0 aliphatic carbocycles. The smallest absolute Gasteiger partial charge is 0.268 e. The molecular weight excluding hydrogens is 240 g/mol. The average Bonchev–Trinajstić information content (AvgIpc) is 2.74. The van der Waals surface area contributed by atoms with Gasteiger partial charge in [0.25, 0.3) is 5.91 Å². The molecule has 0 radical (unpaired) electrons. The molecule has 4 N–H and O–H groups in total. The second kappa shape index (κ2) is 4.98. The van der Waals surface area contributed by atoms with Crippen molar-refractivity contribution in [3.63, 3.8) is 0 Å². The number of carbonyl (C=O) groups excluding carboxylic acids is 3. The van der Waals surface area contributed by atoms with Crippen LogP contribution in [0, 0.1) is 0 Å². The van der Waals surface area contributed by atoms with E-state index < -0.39 is 5.91 Å². The first-order valence-electron chi connectivity index (χ1n) is 5.22. The Morgan fingerprint density at radius 3 is 2.72 bits per heavy atom. The largest absolute Gasteiger partial charge is 0.467 e. The highest BCUT2D eigenvalue weighted by Gasteiger charge is 2.25. The van der Waals surface area contributed by atoms with Crippen molar-refractivity contribution in [1.29, 1.82) is 0 Å². The molecule has 18 heavy (non-hydrogen) atoms. The number of hydrogen-bond acceptors (Lipinski definition) is 6. The van der Waals surface area contributed by atoms with Crippen LogP contribution >= 0.6 is 0 Å². The van der Waals surface area contributed by atoms with Crippen LogP contribution in [0.25, 0.3) is 0 Å². The van der Waals surface area contributed by atoms with Crippen LogP contribution in [0.3, 0.4) is 0 Å². The molecule has 1 aromatic rings. The van der Waals surface area contributed by atoms with Gasteiger partial charge in [0.05, 0.1) is 31.5 Å². The van der Waals surface area contributed by atoms with Crippen LogP contribution < -0.4 is 16.6 Å². The monoisotopic (exact) mass is 252 g/mol. The van der Waals surface area contributed by atoms with E-state index in [0.29, 0.717) is 5.76 Å². The number of carbonyl (C=O) groups is 3. The lowest BCUT2D eigenvalue weighted by molar-refractivity contribution is -0.136. The lowest BCUT2D eigenvalue weighted by Gasteiger charge is -2.24. The van der Waals surface area contributed by atoms with Crippen LogP contribution in [0.1, 0.15) is 16.1 Å². The fourth-order valence-electron chi connectivity index (χ4n) is 1.75. The van der Waals surface area contributed by atoms with E-state index in [9.17, 15) is 14.4 Å². The fraction of sp³-hybridized carbons (Fsp3) is 0.300. The van der Waals surface area contributed by atoms with Gasteiger partial charge in [0.2, 0.25) is 11.8 Å². The SMILES string of the molecule is NNC(=O)c1ccoc1CN1CC(=O)NC(=O)C1. The zero-order valence-electron chi connectivity index (χ0n) is 9.43. The molecule has 1 aliphatic heterocycles. The minimum Gasteiger partial charge on any atom is -0.467 e. The molecule has 96 valence electrons. The summed E-state index contributed by atoms with van der Waals surface area (Å²) in [6.07, 6.45) is 1.35. The topological polar surface area (TPSA) is 118 Å². The molecule has 0 aromatic carbocycles. The molecule has 0 atom stereocenters. The molecular formula is C10H12N4O4. The van der Waals surface area contributed by atoms with E-state index >= 15 is 0 Å². The van der Waals surface area contributed by atoms with Gasteiger partial charge in [-0.05, 0) is 6.07 Å². The van der Waals surface area contributed by atoms with Crippen molar-refractivity contribution in [3.8, 4) is 0 Å². The van der Waals surface area contributed by atoms with Gasteiger partial charge in [-0.3, -0.25) is 30.0 Å². The lowest BCUT2D eigenvalue weighted by atomic mass is 10.2. The Balaban J connectivity index is 2.09. The minimum absolute atomic E-state index is 0.0795. The molecule has 8 nitrogen and oxygen atoms in total. The summed E-state index contributed by atoms with van der Waals surface area (Å²) in [7, 11) is 0. The number of hydrazine groups is 1. The number of rotatable bonds is 3. The van der Waals surface area contributed by atoms with Gasteiger partial charge in [0.1, 0.15) is 5.76 Å². The van der Waals surface area contributed by atoms with Crippen molar-refractivity contribution in [2.45, 2.75) is 6.54 Å². The van der Waals surface area contributed by atoms with Crippen LogP contribution in [-0.4, -0.2) is 35.7 Å². The summed E-state index contributed by atoms with van der Waals surface area (Å²) < 4.78 is 5.16. The van der Waals surface area contributed by atoms with E-state index in [-0.39, 0.29) is 37.0 Å². The number of imide groups is 1. The Morgan fingerprint density at radius 1 is 1.44 bits per heavy atom. The Kier molecular flexibility index (Phi) is 3.40. The van der Waals surface area contributed by atoms with Crippen LogP contribution in [0.4, 0.5) is 0 Å². The summed E-state index contributed by atoms with van der Waals surface area (Å²) in [4.78, 5) is 35.3. The van der Waals surface area contributed by atoms with Gasteiger partial charge in [0, 0.05) is 0 Å². The molecule has 1 fully saturated rings. The summed E-state index contributed by atoms with van der Waals surface area (Å²) in [5.41, 5.74) is 2.29. The van der Waals surface area contributed by atoms with Gasteiger partial charge < -0.3 is 4.42 Å². The number of piperazine rings is 1. The Morgan fingerprint density at radius 2 is 2.11 bits per heavy atom. The third kappa shape index (κ3) is 2.55. The summed E-state index contributed by atoms with van der Waals surface area (Å²) in [6.45, 7) is 0.348. The molecule has 8 heteroatoms. The first-order chi connectivity index (χ1) is 8.60. The first kappa shape index (κ1) is 12.3. The Labute approximate surface area is 102 Å². The summed E-state index contributed by atoms with van der Waals surface area (Å²) in [5, 5.41) is 2.19. The van der Waals surface area contributed by atoms with E-state index in [0.717, 1.165) is 0 Å². The number of furan rings is 1. The van der Waals surface area contributed by atoms with Crippen LogP contribution in [0.2, 0.25) is 0 Å². The molecule has 3 amide bonds. The summed E-state index contributed by atoms with van der Waals surface area (Å²) in [6, 6.07) is 1.48. The quantitative estimate of drug-likeness (QED) is 0.256. The highest BCUT2D eigenvalue weighted by atomic mass is 16.3. The normalized spacial score (nSPS) is 16.5. The maximum absolute atomic E-state index is 11.4. The predicted octanol–water partition coefficient (Wildman–Crippen LogP) is -1.66. The van der Waals surface area contributed by atoms with Crippen molar-refractivity contribution in [3.05, 3.63) is 23.7 Å². The van der Waals surface area contributed by atoms with Gasteiger partial charge in [0.15, 0.2) is 0 Å². The molecule has 1 aromatic heterocycles. The predicted molar refractivity (Wildman–Crippen MR) is 58.8 cm³/mol. The number of hydrogen-bond donors (Lipinski definition) is 3. The maximum Gasteiger partial charge on any atom is 0.268 e. The Bertz CT molecular complexity index is 480. The average molecular weight is 252 g/mol. The number of nitrogens with zero attached hydrogens (tertiary/aromatic N) is 1. The van der Waals surface area contributed by atoms with Gasteiger partial charge in [-0.15, -0.1) is 0 Å². The van der Waals surface area contributed by atoms with E-state index in [4.69, 9.17) is 10.3 Å². The Hall–Kier alpha value is -2.19. The van der Waals surface area contributed by atoms with E-state index in [2.05, 4.69) is 5.32 Å². The molecule has 2 heterocycles. The van der Waals surface area contributed by atoms with E-state index in [1.165, 1.54) is 12.3 Å². The van der Waals surface area contributed by atoms with Crippen LogP contribution in [0.15, 0.2) is 16.7 Å². The third-order valence-corrected chi connectivity index (χ3v) is 2.50. The van der Waals surface area contributed by atoms with E-state index in [1.807, 2.05) is 5.43 Å². The van der Waals surface area contributed by atoms with Crippen molar-refractivity contribution in [2.24, 2.45) is 5.84 Å². The molecule has 0 saturated carbocycles. The van der Waals surface area contributed by atoms with Crippen LogP contribution in [0.5, 0.6) is 0 Å². The zero-order chi connectivity index (χ0) is 13.1. The highest BCUT2D eigenvalue weighted by molar-refractivity contribution is 5.99.